The second kappa shape index (κ2) is 13.0. The van der Waals surface area contributed by atoms with Crippen LogP contribution in [-0.4, -0.2) is 45.1 Å². The number of hydrogen-bond donors (Lipinski definition) is 3. The third kappa shape index (κ3) is 7.55. The van der Waals surface area contributed by atoms with Crippen molar-refractivity contribution in [3.63, 3.8) is 0 Å². The predicted octanol–water partition coefficient (Wildman–Crippen LogP) is 5.55. The van der Waals surface area contributed by atoms with Crippen LogP contribution in [0.15, 0.2) is 36.8 Å². The molecule has 210 valence electrons. The van der Waals surface area contributed by atoms with Crippen LogP contribution in [0.5, 0.6) is 0 Å². The van der Waals surface area contributed by atoms with Gasteiger partial charge in [0.15, 0.2) is 0 Å². The molecule has 0 spiro atoms. The maximum atomic E-state index is 14.0. The summed E-state index contributed by atoms with van der Waals surface area (Å²) in [5, 5.41) is 9.97. The van der Waals surface area contributed by atoms with Crippen molar-refractivity contribution >= 4 is 28.5 Å². The molecule has 3 N–H and O–H groups in total. The van der Waals surface area contributed by atoms with Crippen molar-refractivity contribution < 1.29 is 14.0 Å². The number of anilines is 1. The van der Waals surface area contributed by atoms with Gasteiger partial charge in [-0.05, 0) is 56.2 Å². The molecule has 8 nitrogen and oxygen atoms in total. The summed E-state index contributed by atoms with van der Waals surface area (Å²) in [5.41, 5.74) is 2.64. The lowest BCUT2D eigenvalue weighted by atomic mass is 9.87. The van der Waals surface area contributed by atoms with Crippen LogP contribution in [0, 0.1) is 11.8 Å². The van der Waals surface area contributed by atoms with E-state index in [1.54, 1.807) is 20.0 Å². The highest BCUT2D eigenvalue weighted by Gasteiger charge is 2.19. The normalized spacial score (nSPS) is 15.1. The first-order valence-electron chi connectivity index (χ1n) is 14.1. The Morgan fingerprint density at radius 3 is 2.54 bits per heavy atom. The van der Waals surface area contributed by atoms with Gasteiger partial charge in [-0.25, -0.2) is 14.4 Å². The molecule has 1 saturated carbocycles. The molecule has 4 rings (SSSR count). The number of hydrogen-bond acceptors (Lipinski definition) is 5. The van der Waals surface area contributed by atoms with Gasteiger partial charge in [0.1, 0.15) is 17.6 Å². The van der Waals surface area contributed by atoms with E-state index in [9.17, 15) is 14.0 Å². The van der Waals surface area contributed by atoms with E-state index in [0.717, 1.165) is 29.4 Å². The summed E-state index contributed by atoms with van der Waals surface area (Å²) < 4.78 is 15.9. The fourth-order valence-electron chi connectivity index (χ4n) is 4.99. The molecule has 0 radical (unpaired) electrons. The van der Waals surface area contributed by atoms with Gasteiger partial charge in [0.25, 0.3) is 5.91 Å². The van der Waals surface area contributed by atoms with Crippen LogP contribution in [0.2, 0.25) is 0 Å². The van der Waals surface area contributed by atoms with Crippen LogP contribution < -0.4 is 16.0 Å². The molecule has 0 aliphatic heterocycles. The van der Waals surface area contributed by atoms with Gasteiger partial charge in [-0.15, -0.1) is 0 Å². The highest BCUT2D eigenvalue weighted by Crippen LogP contribution is 2.26. The quantitative estimate of drug-likeness (QED) is 0.298. The molecule has 3 aromatic rings. The van der Waals surface area contributed by atoms with Gasteiger partial charge in [-0.3, -0.25) is 14.2 Å². The molecule has 3 heterocycles. The van der Waals surface area contributed by atoms with Crippen LogP contribution in [0.25, 0.3) is 16.9 Å². The Morgan fingerprint density at radius 2 is 1.82 bits per heavy atom. The van der Waals surface area contributed by atoms with Gasteiger partial charge in [0.05, 0.1) is 11.3 Å². The third-order valence-corrected chi connectivity index (χ3v) is 7.28. The smallest absolute Gasteiger partial charge is 0.255 e. The average Bonchev–Trinajstić information content (AvgIpc) is 3.34. The fourth-order valence-corrected chi connectivity index (χ4v) is 4.99. The molecule has 3 aromatic heterocycles. The van der Waals surface area contributed by atoms with Gasteiger partial charge in [-0.1, -0.05) is 33.1 Å². The summed E-state index contributed by atoms with van der Waals surface area (Å²) in [6, 6.07) is 5.87. The number of amides is 2. The van der Waals surface area contributed by atoms with Crippen LogP contribution >= 0.6 is 0 Å². The molecule has 1 atom stereocenters. The zero-order chi connectivity index (χ0) is 27.9. The molecule has 1 aliphatic rings. The Hall–Kier alpha value is -3.49. The van der Waals surface area contributed by atoms with Crippen molar-refractivity contribution in [3.05, 3.63) is 47.9 Å². The summed E-state index contributed by atoms with van der Waals surface area (Å²) >= 11 is 0. The maximum Gasteiger partial charge on any atom is 0.255 e. The zero-order valence-electron chi connectivity index (χ0n) is 23.5. The van der Waals surface area contributed by atoms with Gasteiger partial charge in [0.2, 0.25) is 5.91 Å². The van der Waals surface area contributed by atoms with E-state index in [1.807, 2.05) is 42.8 Å². The monoisotopic (exact) mass is 536 g/mol. The van der Waals surface area contributed by atoms with E-state index in [-0.39, 0.29) is 30.3 Å². The summed E-state index contributed by atoms with van der Waals surface area (Å²) in [6.45, 7) is 7.94. The van der Waals surface area contributed by atoms with Gasteiger partial charge in [-0.2, -0.15) is 0 Å². The average molecular weight is 537 g/mol. The second-order valence-electron chi connectivity index (χ2n) is 11.3. The highest BCUT2D eigenvalue weighted by atomic mass is 19.1. The number of pyridine rings is 2. The first-order valence-corrected chi connectivity index (χ1v) is 14.1. The summed E-state index contributed by atoms with van der Waals surface area (Å²) in [7, 11) is 0. The van der Waals surface area contributed by atoms with E-state index < -0.39 is 6.17 Å². The number of halogens is 1. The molecule has 1 unspecified atom stereocenters. The molecule has 1 aliphatic carbocycles. The van der Waals surface area contributed by atoms with Crippen molar-refractivity contribution in [2.75, 3.05) is 11.9 Å². The van der Waals surface area contributed by atoms with Crippen LogP contribution in [-0.2, 0) is 11.3 Å². The number of fused-ring (bicyclic) bond motifs is 1. The number of rotatable bonds is 11. The Labute approximate surface area is 230 Å². The Morgan fingerprint density at radius 1 is 1.05 bits per heavy atom. The lowest BCUT2D eigenvalue weighted by Crippen LogP contribution is -2.33. The maximum absolute atomic E-state index is 14.0. The number of carbonyl (C=O) groups is 2. The Balaban J connectivity index is 1.47. The number of nitrogens with zero attached hydrogens (tertiary/aromatic N) is 3. The van der Waals surface area contributed by atoms with E-state index in [0.29, 0.717) is 36.0 Å². The van der Waals surface area contributed by atoms with Crippen molar-refractivity contribution in [1.29, 1.82) is 0 Å². The van der Waals surface area contributed by atoms with Crippen molar-refractivity contribution in [2.45, 2.75) is 85.0 Å². The van der Waals surface area contributed by atoms with E-state index in [4.69, 9.17) is 0 Å². The van der Waals surface area contributed by atoms with Crippen molar-refractivity contribution in [1.82, 2.24) is 25.2 Å². The number of nitrogens with one attached hydrogen (secondary N) is 3. The number of alkyl halides is 1. The Bertz CT molecular complexity index is 1280. The molecule has 0 bridgehead atoms. The fraction of sp³-hybridized carbons (Fsp3) is 0.533. The molecular weight excluding hydrogens is 495 g/mol. The topological polar surface area (TPSA) is 101 Å². The molecule has 2 amide bonds. The molecule has 0 aromatic carbocycles. The first-order chi connectivity index (χ1) is 18.7. The minimum atomic E-state index is -1.12. The highest BCUT2D eigenvalue weighted by molar-refractivity contribution is 5.99. The zero-order valence-corrected chi connectivity index (χ0v) is 23.5. The third-order valence-electron chi connectivity index (χ3n) is 7.28. The van der Waals surface area contributed by atoms with Crippen molar-refractivity contribution in [3.8, 4) is 5.82 Å². The molecular formula is C30H41FN6O2. The lowest BCUT2D eigenvalue weighted by molar-refractivity contribution is -0.122. The summed E-state index contributed by atoms with van der Waals surface area (Å²) in [4.78, 5) is 34.5. The molecule has 0 saturated heterocycles. The minimum absolute atomic E-state index is 0.0467. The predicted molar refractivity (Wildman–Crippen MR) is 153 cm³/mol. The lowest BCUT2D eigenvalue weighted by Gasteiger charge is -2.20. The van der Waals surface area contributed by atoms with E-state index in [1.165, 1.54) is 25.5 Å². The SMILES string of the molecule is CC(C)Nc1cc(-n2ccc3cc(CNC(=O)CC4CCCCC4)cnc32)ncc1C(=O)NCC(F)C(C)C. The number of aromatic nitrogens is 3. The minimum Gasteiger partial charge on any atom is -0.382 e. The largest absolute Gasteiger partial charge is 0.382 e. The van der Waals surface area contributed by atoms with Crippen LogP contribution in [0.4, 0.5) is 10.1 Å². The van der Waals surface area contributed by atoms with Gasteiger partial charge < -0.3 is 16.0 Å². The van der Waals surface area contributed by atoms with Crippen LogP contribution in [0.3, 0.4) is 0 Å². The van der Waals surface area contributed by atoms with Gasteiger partial charge in [0, 0.05) is 55.6 Å². The van der Waals surface area contributed by atoms with Crippen LogP contribution in [0.1, 0.15) is 82.1 Å². The first kappa shape index (κ1) is 28.5. The summed E-state index contributed by atoms with van der Waals surface area (Å²) in [6.07, 6.45) is 10.7. The molecule has 39 heavy (non-hydrogen) atoms. The summed E-state index contributed by atoms with van der Waals surface area (Å²) in [5.74, 6) is 0.674. The molecule has 1 fully saturated rings. The van der Waals surface area contributed by atoms with Crippen molar-refractivity contribution in [2.24, 2.45) is 11.8 Å². The second-order valence-corrected chi connectivity index (χ2v) is 11.3. The number of carbonyl (C=O) groups excluding carboxylic acids is 2. The molecule has 9 heteroatoms. The van der Waals surface area contributed by atoms with Gasteiger partial charge >= 0.3 is 0 Å². The van der Waals surface area contributed by atoms with E-state index in [2.05, 4.69) is 25.9 Å². The Kier molecular flexibility index (Phi) is 9.54. The standard InChI is InChI=1S/C30H41FN6O2/c1-19(2)25(31)18-35-30(39)24-17-32-27(14-26(24)36-20(3)4)37-11-10-23-12-22(16-34-29(23)37)15-33-28(38)13-21-8-6-5-7-9-21/h10-12,14,16-17,19-21,25H,5-9,13,15,18H2,1-4H3,(H,32,36)(H,33,38)(H,35,39). The van der Waals surface area contributed by atoms with E-state index >= 15 is 0 Å².